The van der Waals surface area contributed by atoms with Gasteiger partial charge in [-0.15, -0.1) is 0 Å². The topological polar surface area (TPSA) is 86.8 Å². The minimum absolute atomic E-state index is 0.00224. The first-order chi connectivity index (χ1) is 19.1. The van der Waals surface area contributed by atoms with E-state index in [-0.39, 0.29) is 24.9 Å². The maximum atomic E-state index is 14.1. The third-order valence-electron chi connectivity index (χ3n) is 7.04. The molecule has 40 heavy (non-hydrogen) atoms. The highest BCUT2D eigenvalue weighted by Gasteiger charge is 2.34. The van der Waals surface area contributed by atoms with Gasteiger partial charge in [0.2, 0.25) is 21.8 Å². The number of rotatable bonds is 11. The summed E-state index contributed by atoms with van der Waals surface area (Å²) in [5.41, 5.74) is 1.79. The lowest BCUT2D eigenvalue weighted by atomic mass is 10.0. The summed E-state index contributed by atoms with van der Waals surface area (Å²) < 4.78 is 41.0. The van der Waals surface area contributed by atoms with E-state index in [4.69, 9.17) is 0 Å². The fourth-order valence-corrected chi connectivity index (χ4v) is 6.43. The molecule has 0 saturated heterocycles. The number of para-hydroxylation sites is 1. The predicted octanol–water partition coefficient (Wildman–Crippen LogP) is 5.05. The van der Waals surface area contributed by atoms with E-state index < -0.39 is 34.3 Å². The largest absolute Gasteiger partial charge is 0.352 e. The number of hydrogen-bond acceptors (Lipinski definition) is 4. The summed E-state index contributed by atoms with van der Waals surface area (Å²) in [4.78, 5) is 29.3. The van der Waals surface area contributed by atoms with Crippen molar-refractivity contribution in [3.8, 4) is 0 Å². The van der Waals surface area contributed by atoms with Crippen molar-refractivity contribution in [2.75, 3.05) is 17.1 Å². The SMILES string of the molecule is CS(=O)(=O)N(CC(=O)N(Cc1ccc(F)cc1)[C@H](Cc1ccccc1)C(=O)NC1CCCC1)c1ccccc1Br. The molecule has 4 rings (SSSR count). The van der Waals surface area contributed by atoms with Crippen LogP contribution >= 0.6 is 15.9 Å². The zero-order valence-electron chi connectivity index (χ0n) is 22.3. The number of carbonyl (C=O) groups excluding carboxylic acids is 2. The Kier molecular flexibility index (Phi) is 9.97. The zero-order chi connectivity index (χ0) is 28.7. The number of anilines is 1. The molecule has 212 valence electrons. The van der Waals surface area contributed by atoms with E-state index in [2.05, 4.69) is 21.2 Å². The first-order valence-electron chi connectivity index (χ1n) is 13.2. The molecule has 2 amide bonds. The second-order valence-electron chi connectivity index (χ2n) is 10.1. The molecule has 1 fully saturated rings. The van der Waals surface area contributed by atoms with Gasteiger partial charge in [0.25, 0.3) is 0 Å². The highest BCUT2D eigenvalue weighted by molar-refractivity contribution is 9.10. The van der Waals surface area contributed by atoms with Crippen LogP contribution in [-0.4, -0.2) is 50.0 Å². The van der Waals surface area contributed by atoms with Gasteiger partial charge < -0.3 is 10.2 Å². The Morgan fingerprint density at radius 2 is 1.57 bits per heavy atom. The molecule has 0 radical (unpaired) electrons. The van der Waals surface area contributed by atoms with Crippen molar-refractivity contribution in [3.63, 3.8) is 0 Å². The van der Waals surface area contributed by atoms with Crippen LogP contribution in [-0.2, 0) is 32.6 Å². The van der Waals surface area contributed by atoms with Gasteiger partial charge >= 0.3 is 0 Å². The maximum Gasteiger partial charge on any atom is 0.244 e. The van der Waals surface area contributed by atoms with Crippen LogP contribution in [0.15, 0.2) is 83.3 Å². The van der Waals surface area contributed by atoms with E-state index in [1.54, 1.807) is 36.4 Å². The second kappa shape index (κ2) is 13.4. The van der Waals surface area contributed by atoms with Gasteiger partial charge in [-0.1, -0.05) is 67.4 Å². The standard InChI is InChI=1S/C30H33BrFN3O4S/c1-40(38,39)35(27-14-8-7-13-26(27)31)21-29(36)34(20-23-15-17-24(32)18-16-23)28(19-22-9-3-2-4-10-22)30(37)33-25-11-5-6-12-25/h2-4,7-10,13-18,25,28H,5-6,11-12,19-21H2,1H3,(H,33,37)/t28-/m1/s1. The number of sulfonamides is 1. The van der Waals surface area contributed by atoms with Crippen LogP contribution in [0.3, 0.4) is 0 Å². The van der Waals surface area contributed by atoms with E-state index in [1.807, 2.05) is 30.3 Å². The molecule has 1 saturated carbocycles. The molecule has 1 aliphatic rings. The molecular weight excluding hydrogens is 597 g/mol. The number of carbonyl (C=O) groups is 2. The Bertz CT molecular complexity index is 1410. The summed E-state index contributed by atoms with van der Waals surface area (Å²) in [6.45, 7) is -0.507. The van der Waals surface area contributed by atoms with Gasteiger partial charge in [-0.05, 0) is 64.2 Å². The second-order valence-corrected chi connectivity index (χ2v) is 12.8. The minimum atomic E-state index is -3.87. The smallest absolute Gasteiger partial charge is 0.244 e. The van der Waals surface area contributed by atoms with Gasteiger partial charge in [0.05, 0.1) is 11.9 Å². The summed E-state index contributed by atoms with van der Waals surface area (Å²) in [6.07, 6.45) is 5.08. The molecule has 1 N–H and O–H groups in total. The lowest BCUT2D eigenvalue weighted by Crippen LogP contribution is -2.54. The van der Waals surface area contributed by atoms with Crippen LogP contribution in [0.4, 0.5) is 10.1 Å². The van der Waals surface area contributed by atoms with E-state index in [0.29, 0.717) is 15.7 Å². The Hall–Kier alpha value is -3.24. The average Bonchev–Trinajstić information content (AvgIpc) is 3.43. The quantitative estimate of drug-likeness (QED) is 0.321. The average molecular weight is 631 g/mol. The summed E-state index contributed by atoms with van der Waals surface area (Å²) in [6, 6.07) is 21.0. The summed E-state index contributed by atoms with van der Waals surface area (Å²) >= 11 is 3.39. The number of nitrogens with zero attached hydrogens (tertiary/aromatic N) is 2. The Morgan fingerprint density at radius 1 is 0.950 bits per heavy atom. The highest BCUT2D eigenvalue weighted by Crippen LogP contribution is 2.28. The lowest BCUT2D eigenvalue weighted by molar-refractivity contribution is -0.140. The number of amides is 2. The van der Waals surface area contributed by atoms with Gasteiger partial charge in [0, 0.05) is 23.5 Å². The fourth-order valence-electron chi connectivity index (χ4n) is 4.96. The first kappa shape index (κ1) is 29.7. The zero-order valence-corrected chi connectivity index (χ0v) is 24.7. The molecule has 0 unspecified atom stereocenters. The van der Waals surface area contributed by atoms with Crippen molar-refractivity contribution < 1.29 is 22.4 Å². The van der Waals surface area contributed by atoms with Crippen molar-refractivity contribution in [1.29, 1.82) is 0 Å². The Balaban J connectivity index is 1.72. The van der Waals surface area contributed by atoms with Crippen molar-refractivity contribution in [3.05, 3.63) is 100 Å². The van der Waals surface area contributed by atoms with Gasteiger partial charge in [-0.3, -0.25) is 13.9 Å². The summed E-state index contributed by atoms with van der Waals surface area (Å²) in [5, 5.41) is 3.12. The molecule has 0 bridgehead atoms. The fraction of sp³-hybridized carbons (Fsp3) is 0.333. The lowest BCUT2D eigenvalue weighted by Gasteiger charge is -2.34. The van der Waals surface area contributed by atoms with Gasteiger partial charge in [0.1, 0.15) is 18.4 Å². The molecule has 10 heteroatoms. The van der Waals surface area contributed by atoms with E-state index in [1.165, 1.54) is 17.0 Å². The molecule has 0 spiro atoms. The number of benzene rings is 3. The van der Waals surface area contributed by atoms with E-state index in [9.17, 15) is 22.4 Å². The molecule has 0 aromatic heterocycles. The highest BCUT2D eigenvalue weighted by atomic mass is 79.9. The molecule has 0 aliphatic heterocycles. The van der Waals surface area contributed by atoms with Gasteiger partial charge in [-0.2, -0.15) is 0 Å². The molecule has 1 aliphatic carbocycles. The Morgan fingerprint density at radius 3 is 2.20 bits per heavy atom. The van der Waals surface area contributed by atoms with Crippen LogP contribution in [0.2, 0.25) is 0 Å². The first-order valence-corrected chi connectivity index (χ1v) is 15.9. The molecule has 3 aromatic rings. The molecule has 3 aromatic carbocycles. The van der Waals surface area contributed by atoms with Crippen LogP contribution in [0.1, 0.15) is 36.8 Å². The summed E-state index contributed by atoms with van der Waals surface area (Å²) in [5.74, 6) is -1.26. The van der Waals surface area contributed by atoms with Gasteiger partial charge in [-0.25, -0.2) is 12.8 Å². The van der Waals surface area contributed by atoms with E-state index in [0.717, 1.165) is 41.8 Å². The van der Waals surface area contributed by atoms with Crippen molar-refractivity contribution in [2.24, 2.45) is 0 Å². The normalized spacial score (nSPS) is 14.5. The minimum Gasteiger partial charge on any atom is -0.352 e. The van der Waals surface area contributed by atoms with Gasteiger partial charge in [0.15, 0.2) is 0 Å². The van der Waals surface area contributed by atoms with Crippen LogP contribution < -0.4 is 9.62 Å². The third-order valence-corrected chi connectivity index (χ3v) is 8.84. The third kappa shape index (κ3) is 7.91. The monoisotopic (exact) mass is 629 g/mol. The van der Waals surface area contributed by atoms with Crippen molar-refractivity contribution >= 4 is 43.5 Å². The van der Waals surface area contributed by atoms with E-state index >= 15 is 0 Å². The molecule has 7 nitrogen and oxygen atoms in total. The van der Waals surface area contributed by atoms with Crippen LogP contribution in [0.5, 0.6) is 0 Å². The van der Waals surface area contributed by atoms with Crippen molar-refractivity contribution in [2.45, 2.75) is 50.7 Å². The molecule has 1 atom stereocenters. The Labute approximate surface area is 243 Å². The van der Waals surface area contributed by atoms with Crippen molar-refractivity contribution in [1.82, 2.24) is 10.2 Å². The number of nitrogens with one attached hydrogen (secondary N) is 1. The van der Waals surface area contributed by atoms with Crippen LogP contribution in [0, 0.1) is 5.82 Å². The molecular formula is C30H33BrFN3O4S. The molecule has 0 heterocycles. The summed E-state index contributed by atoms with van der Waals surface area (Å²) in [7, 11) is -3.87. The maximum absolute atomic E-state index is 14.1. The number of hydrogen-bond donors (Lipinski definition) is 1. The predicted molar refractivity (Wildman–Crippen MR) is 158 cm³/mol. The van der Waals surface area contributed by atoms with Crippen LogP contribution in [0.25, 0.3) is 0 Å². The number of halogens is 2.